The van der Waals surface area contributed by atoms with Gasteiger partial charge >= 0.3 is 0 Å². The number of anilines is 2. The van der Waals surface area contributed by atoms with E-state index in [1.165, 1.54) is 17.7 Å². The number of rotatable bonds is 10. The summed E-state index contributed by atoms with van der Waals surface area (Å²) < 4.78 is 1.92. The van der Waals surface area contributed by atoms with E-state index in [1.54, 1.807) is 50.8 Å². The molecule has 2 amide bonds. The normalized spacial score (nSPS) is 14.9. The van der Waals surface area contributed by atoms with Gasteiger partial charge in [-0.25, -0.2) is 9.97 Å². The van der Waals surface area contributed by atoms with E-state index in [0.717, 1.165) is 29.8 Å². The second kappa shape index (κ2) is 12.3. The van der Waals surface area contributed by atoms with Crippen molar-refractivity contribution in [2.75, 3.05) is 19.4 Å². The van der Waals surface area contributed by atoms with Gasteiger partial charge in [0.25, 0.3) is 5.91 Å². The summed E-state index contributed by atoms with van der Waals surface area (Å²) in [5.74, 6) is 0.456. The van der Waals surface area contributed by atoms with Gasteiger partial charge in [0.15, 0.2) is 0 Å². The number of nitriles is 1. The Morgan fingerprint density at radius 1 is 1.18 bits per heavy atom. The molecule has 0 bridgehead atoms. The van der Waals surface area contributed by atoms with Crippen molar-refractivity contribution in [3.8, 4) is 17.3 Å². The lowest BCUT2D eigenvalue weighted by Gasteiger charge is -2.21. The van der Waals surface area contributed by atoms with Gasteiger partial charge in [0.1, 0.15) is 6.04 Å². The molecule has 1 aromatic carbocycles. The molecule has 10 heteroatoms. The molecule has 4 rings (SSSR count). The molecule has 2 heterocycles. The number of nitrogens with one attached hydrogen (secondary N) is 2. The third kappa shape index (κ3) is 6.35. The van der Waals surface area contributed by atoms with Crippen LogP contribution in [0.15, 0.2) is 48.9 Å². The van der Waals surface area contributed by atoms with Crippen LogP contribution in [0.5, 0.6) is 0 Å². The summed E-state index contributed by atoms with van der Waals surface area (Å²) in [5.41, 5.74) is 2.77. The molecular formula is C28H34N8O2. The summed E-state index contributed by atoms with van der Waals surface area (Å²) in [4.78, 5) is 35.3. The molecule has 1 aliphatic rings. The van der Waals surface area contributed by atoms with Crippen molar-refractivity contribution >= 4 is 23.5 Å². The monoisotopic (exact) mass is 514 g/mol. The topological polar surface area (TPSA) is 129 Å². The number of amides is 2. The molecule has 38 heavy (non-hydrogen) atoms. The highest BCUT2D eigenvalue weighted by Crippen LogP contribution is 2.36. The van der Waals surface area contributed by atoms with Crippen molar-refractivity contribution in [3.05, 3.63) is 54.5 Å². The van der Waals surface area contributed by atoms with Gasteiger partial charge in [-0.1, -0.05) is 19.8 Å². The average molecular weight is 515 g/mol. The number of hydrogen-bond acceptors (Lipinski definition) is 7. The Hall–Kier alpha value is -4.26. The Balaban J connectivity index is 1.43. The number of nitrogens with zero attached hydrogens (tertiary/aromatic N) is 6. The van der Waals surface area contributed by atoms with Gasteiger partial charge in [0.2, 0.25) is 11.9 Å². The zero-order valence-electron chi connectivity index (χ0n) is 22.1. The molecule has 2 atom stereocenters. The van der Waals surface area contributed by atoms with Crippen LogP contribution in [0.2, 0.25) is 0 Å². The van der Waals surface area contributed by atoms with E-state index in [2.05, 4.69) is 31.8 Å². The molecule has 2 aromatic heterocycles. The van der Waals surface area contributed by atoms with Gasteiger partial charge in [-0.15, -0.1) is 0 Å². The summed E-state index contributed by atoms with van der Waals surface area (Å²) >= 11 is 0. The average Bonchev–Trinajstić information content (AvgIpc) is 3.63. The number of aromatic nitrogens is 4. The number of carbonyl (C=O) groups is 2. The van der Waals surface area contributed by atoms with E-state index in [4.69, 9.17) is 0 Å². The number of hydrogen-bond donors (Lipinski definition) is 2. The van der Waals surface area contributed by atoms with Crippen molar-refractivity contribution in [1.82, 2.24) is 30.0 Å². The second-order valence-electron chi connectivity index (χ2n) is 9.82. The number of carbonyl (C=O) groups excluding carboxylic acids is 2. The van der Waals surface area contributed by atoms with Gasteiger partial charge in [0, 0.05) is 43.3 Å². The maximum atomic E-state index is 12.6. The standard InChI is InChI=1S/C28H34N8O2/c1-4-23(27(38)35(2)3)33-26(37)20-9-11-22(12-10-20)32-28-30-16-14-24(34-28)21-17-31-36(18-21)25(13-15-29)19-7-5-6-8-19/h9-12,14,16-19,23,25H,4-8,13H2,1-3H3,(H,33,37)(H,30,32,34)/t23-,25?/m0/s1. The van der Waals surface area contributed by atoms with Gasteiger partial charge in [-0.05, 0) is 55.5 Å². The minimum absolute atomic E-state index is 0.0833. The zero-order valence-corrected chi connectivity index (χ0v) is 22.1. The largest absolute Gasteiger partial charge is 0.347 e. The van der Waals surface area contributed by atoms with E-state index in [-0.39, 0.29) is 17.9 Å². The first-order chi connectivity index (χ1) is 18.4. The van der Waals surface area contributed by atoms with E-state index >= 15 is 0 Å². The van der Waals surface area contributed by atoms with E-state index in [9.17, 15) is 14.9 Å². The van der Waals surface area contributed by atoms with Crippen LogP contribution in [0.4, 0.5) is 11.6 Å². The molecule has 0 saturated heterocycles. The van der Waals surface area contributed by atoms with Crippen molar-refractivity contribution in [1.29, 1.82) is 5.26 Å². The maximum Gasteiger partial charge on any atom is 0.251 e. The molecule has 198 valence electrons. The quantitative estimate of drug-likeness (QED) is 0.412. The van der Waals surface area contributed by atoms with Crippen molar-refractivity contribution in [3.63, 3.8) is 0 Å². The summed E-state index contributed by atoms with van der Waals surface area (Å²) in [6.07, 6.45) is 11.1. The van der Waals surface area contributed by atoms with E-state index < -0.39 is 6.04 Å². The fraction of sp³-hybridized carbons (Fsp3) is 0.429. The summed E-state index contributed by atoms with van der Waals surface area (Å²) in [5, 5.41) is 19.9. The Morgan fingerprint density at radius 2 is 1.92 bits per heavy atom. The van der Waals surface area contributed by atoms with Gasteiger partial charge in [-0.3, -0.25) is 14.3 Å². The lowest BCUT2D eigenvalue weighted by molar-refractivity contribution is -0.130. The Bertz CT molecular complexity index is 1290. The molecular weight excluding hydrogens is 480 g/mol. The lowest BCUT2D eigenvalue weighted by Crippen LogP contribution is -2.45. The SMILES string of the molecule is CC[C@H](NC(=O)c1ccc(Nc2nccc(-c3cnn(C(CC#N)C4CCCC4)c3)n2)cc1)C(=O)N(C)C. The van der Waals surface area contributed by atoms with Crippen LogP contribution in [0.3, 0.4) is 0 Å². The zero-order chi connectivity index (χ0) is 27.1. The van der Waals surface area contributed by atoms with Crippen molar-refractivity contribution < 1.29 is 9.59 Å². The van der Waals surface area contributed by atoms with Crippen molar-refractivity contribution in [2.45, 2.75) is 57.5 Å². The Labute approximate surface area is 223 Å². The van der Waals surface area contributed by atoms with E-state index in [0.29, 0.717) is 30.3 Å². The molecule has 0 aliphatic heterocycles. The molecule has 1 unspecified atom stereocenters. The van der Waals surface area contributed by atoms with Crippen LogP contribution in [0, 0.1) is 17.2 Å². The minimum Gasteiger partial charge on any atom is -0.347 e. The maximum absolute atomic E-state index is 12.6. The van der Waals surface area contributed by atoms with E-state index in [1.807, 2.05) is 23.9 Å². The number of benzene rings is 1. The van der Waals surface area contributed by atoms with Gasteiger partial charge in [-0.2, -0.15) is 10.4 Å². The predicted molar refractivity (Wildman–Crippen MR) is 144 cm³/mol. The first kappa shape index (κ1) is 26.8. The van der Waals surface area contributed by atoms with Crippen LogP contribution in [-0.4, -0.2) is 56.6 Å². The molecule has 0 radical (unpaired) electrons. The smallest absolute Gasteiger partial charge is 0.251 e. The fourth-order valence-corrected chi connectivity index (χ4v) is 4.87. The fourth-order valence-electron chi connectivity index (χ4n) is 4.87. The Kier molecular flexibility index (Phi) is 8.69. The van der Waals surface area contributed by atoms with Crippen LogP contribution in [0.1, 0.15) is 61.8 Å². The molecule has 3 aromatic rings. The highest BCUT2D eigenvalue weighted by molar-refractivity contribution is 5.97. The van der Waals surface area contributed by atoms with Crippen molar-refractivity contribution in [2.24, 2.45) is 5.92 Å². The highest BCUT2D eigenvalue weighted by atomic mass is 16.2. The van der Waals surface area contributed by atoms with Crippen LogP contribution in [0.25, 0.3) is 11.3 Å². The van der Waals surface area contributed by atoms with Crippen LogP contribution in [-0.2, 0) is 4.79 Å². The molecule has 1 saturated carbocycles. The van der Waals surface area contributed by atoms with Crippen LogP contribution >= 0.6 is 0 Å². The molecule has 10 nitrogen and oxygen atoms in total. The summed E-state index contributed by atoms with van der Waals surface area (Å²) in [7, 11) is 3.34. The lowest BCUT2D eigenvalue weighted by atomic mass is 9.96. The predicted octanol–water partition coefficient (Wildman–Crippen LogP) is 4.33. The van der Waals surface area contributed by atoms with Gasteiger partial charge in [0.05, 0.1) is 30.4 Å². The molecule has 1 fully saturated rings. The highest BCUT2D eigenvalue weighted by Gasteiger charge is 2.27. The Morgan fingerprint density at radius 3 is 2.58 bits per heavy atom. The third-order valence-electron chi connectivity index (χ3n) is 6.99. The van der Waals surface area contributed by atoms with Gasteiger partial charge < -0.3 is 15.5 Å². The molecule has 2 N–H and O–H groups in total. The minimum atomic E-state index is -0.566. The second-order valence-corrected chi connectivity index (χ2v) is 9.82. The third-order valence-corrected chi connectivity index (χ3v) is 6.99. The molecule has 0 spiro atoms. The van der Waals surface area contributed by atoms with Crippen LogP contribution < -0.4 is 10.6 Å². The number of likely N-dealkylation sites (N-methyl/N-ethyl adjacent to an activating group) is 1. The first-order valence-corrected chi connectivity index (χ1v) is 13.0. The first-order valence-electron chi connectivity index (χ1n) is 13.0. The molecule has 1 aliphatic carbocycles. The summed E-state index contributed by atoms with van der Waals surface area (Å²) in [6.45, 7) is 1.86. The summed E-state index contributed by atoms with van der Waals surface area (Å²) in [6, 6.07) is 10.6.